The molecule has 0 aliphatic heterocycles. The van der Waals surface area contributed by atoms with Crippen LogP contribution < -0.4 is 5.32 Å². The van der Waals surface area contributed by atoms with Crippen molar-refractivity contribution >= 4 is 23.4 Å². The molecular formula is C25H32N4OS. The van der Waals surface area contributed by atoms with Gasteiger partial charge in [-0.3, -0.25) is 4.79 Å². The Kier molecular flexibility index (Phi) is 7.91. The van der Waals surface area contributed by atoms with E-state index in [-0.39, 0.29) is 17.1 Å². The molecule has 0 aliphatic rings. The van der Waals surface area contributed by atoms with Crippen molar-refractivity contribution in [2.45, 2.75) is 63.9 Å². The maximum Gasteiger partial charge on any atom is 0.238 e. The molecule has 1 N–H and O–H groups in total. The lowest BCUT2D eigenvalue weighted by atomic mass is 10.0. The summed E-state index contributed by atoms with van der Waals surface area (Å²) in [4.78, 5) is 13.2. The number of benzene rings is 2. The summed E-state index contributed by atoms with van der Waals surface area (Å²) in [5.74, 6) is 1.50. The Labute approximate surface area is 189 Å². The largest absolute Gasteiger partial charge is 0.325 e. The van der Waals surface area contributed by atoms with Crippen LogP contribution in [-0.4, -0.2) is 25.9 Å². The van der Waals surface area contributed by atoms with Gasteiger partial charge >= 0.3 is 0 Å². The Morgan fingerprint density at radius 3 is 2.26 bits per heavy atom. The number of amides is 1. The van der Waals surface area contributed by atoms with Crippen molar-refractivity contribution in [2.24, 2.45) is 5.92 Å². The van der Waals surface area contributed by atoms with E-state index < -0.39 is 0 Å². The summed E-state index contributed by atoms with van der Waals surface area (Å²) in [5, 5.41) is 12.5. The van der Waals surface area contributed by atoms with Crippen molar-refractivity contribution in [1.29, 1.82) is 0 Å². The van der Waals surface area contributed by atoms with Crippen LogP contribution in [0.5, 0.6) is 0 Å². The quantitative estimate of drug-likeness (QED) is 0.404. The van der Waals surface area contributed by atoms with E-state index in [1.165, 1.54) is 17.3 Å². The topological polar surface area (TPSA) is 59.8 Å². The first-order chi connectivity index (χ1) is 14.9. The number of hydrogen-bond acceptors (Lipinski definition) is 4. The van der Waals surface area contributed by atoms with E-state index in [0.29, 0.717) is 5.92 Å². The van der Waals surface area contributed by atoms with E-state index in [1.807, 2.05) is 42.5 Å². The minimum absolute atomic E-state index is 0.00330. The number of anilines is 1. The van der Waals surface area contributed by atoms with E-state index in [1.54, 1.807) is 0 Å². The van der Waals surface area contributed by atoms with Gasteiger partial charge in [-0.15, -0.1) is 10.2 Å². The zero-order chi connectivity index (χ0) is 22.4. The third-order valence-corrected chi connectivity index (χ3v) is 7.01. The fourth-order valence-corrected chi connectivity index (χ4v) is 4.63. The van der Waals surface area contributed by atoms with Gasteiger partial charge in [-0.05, 0) is 36.5 Å². The normalized spacial score (nSPS) is 13.2. The standard InChI is InChI=1S/C25H32N4OS/c1-6-18(5)22(24(30)26-21-15-13-19(14-16-21)17(3)4)31-25-28-27-23(29(25)7-2)20-11-9-8-10-12-20/h8-18,22H,6-7H2,1-5H3,(H,26,30). The minimum atomic E-state index is -0.257. The molecule has 0 radical (unpaired) electrons. The molecule has 3 rings (SSSR count). The van der Waals surface area contributed by atoms with Crippen LogP contribution in [0.25, 0.3) is 11.4 Å². The highest BCUT2D eigenvalue weighted by atomic mass is 32.2. The first kappa shape index (κ1) is 23.1. The molecule has 1 aromatic heterocycles. The average molecular weight is 437 g/mol. The van der Waals surface area contributed by atoms with Crippen LogP contribution in [0.2, 0.25) is 0 Å². The number of thioether (sulfide) groups is 1. The van der Waals surface area contributed by atoms with Crippen molar-refractivity contribution in [3.63, 3.8) is 0 Å². The third-order valence-electron chi connectivity index (χ3n) is 5.56. The maximum absolute atomic E-state index is 13.2. The van der Waals surface area contributed by atoms with E-state index in [0.717, 1.165) is 35.2 Å². The molecule has 1 amide bonds. The lowest BCUT2D eigenvalue weighted by molar-refractivity contribution is -0.116. The van der Waals surface area contributed by atoms with E-state index in [4.69, 9.17) is 0 Å². The van der Waals surface area contributed by atoms with E-state index >= 15 is 0 Å². The molecule has 2 atom stereocenters. The summed E-state index contributed by atoms with van der Waals surface area (Å²) in [5.41, 5.74) is 3.11. The van der Waals surface area contributed by atoms with Gasteiger partial charge in [-0.2, -0.15) is 0 Å². The predicted octanol–water partition coefficient (Wildman–Crippen LogP) is 6.23. The van der Waals surface area contributed by atoms with Gasteiger partial charge in [0, 0.05) is 17.8 Å². The summed E-state index contributed by atoms with van der Waals surface area (Å²) in [6, 6.07) is 18.2. The number of carbonyl (C=O) groups excluding carboxylic acids is 1. The van der Waals surface area contributed by atoms with Crippen molar-refractivity contribution in [3.8, 4) is 11.4 Å². The number of nitrogens with zero attached hydrogens (tertiary/aromatic N) is 3. The van der Waals surface area contributed by atoms with Gasteiger partial charge in [-0.25, -0.2) is 0 Å². The number of rotatable bonds is 9. The van der Waals surface area contributed by atoms with E-state index in [2.05, 4.69) is 66.8 Å². The minimum Gasteiger partial charge on any atom is -0.325 e. The Morgan fingerprint density at radius 2 is 1.68 bits per heavy atom. The fourth-order valence-electron chi connectivity index (χ4n) is 3.38. The summed E-state index contributed by atoms with van der Waals surface area (Å²) in [6.45, 7) is 11.4. The van der Waals surface area contributed by atoms with Crippen LogP contribution in [-0.2, 0) is 11.3 Å². The van der Waals surface area contributed by atoms with Crippen molar-refractivity contribution < 1.29 is 4.79 Å². The fraction of sp³-hybridized carbons (Fsp3) is 0.400. The second-order valence-corrected chi connectivity index (χ2v) is 9.22. The van der Waals surface area contributed by atoms with Crippen molar-refractivity contribution in [3.05, 3.63) is 60.2 Å². The molecule has 0 fully saturated rings. The number of nitrogens with one attached hydrogen (secondary N) is 1. The Hall–Kier alpha value is -2.60. The molecular weight excluding hydrogens is 404 g/mol. The second kappa shape index (κ2) is 10.6. The summed E-state index contributed by atoms with van der Waals surface area (Å²) < 4.78 is 2.08. The molecule has 0 spiro atoms. The average Bonchev–Trinajstić information content (AvgIpc) is 3.20. The second-order valence-electron chi connectivity index (χ2n) is 8.11. The molecule has 6 heteroatoms. The molecule has 31 heavy (non-hydrogen) atoms. The monoisotopic (exact) mass is 436 g/mol. The summed E-state index contributed by atoms with van der Waals surface area (Å²) in [6.07, 6.45) is 0.906. The highest BCUT2D eigenvalue weighted by molar-refractivity contribution is 8.00. The zero-order valence-electron chi connectivity index (χ0n) is 19.0. The third kappa shape index (κ3) is 5.56. The molecule has 3 aromatic rings. The molecule has 5 nitrogen and oxygen atoms in total. The molecule has 0 aliphatic carbocycles. The Balaban J connectivity index is 1.82. The molecule has 2 unspecified atom stereocenters. The van der Waals surface area contributed by atoms with Gasteiger partial charge in [0.15, 0.2) is 11.0 Å². The van der Waals surface area contributed by atoms with Gasteiger partial charge < -0.3 is 9.88 Å². The smallest absolute Gasteiger partial charge is 0.238 e. The molecule has 2 aromatic carbocycles. The predicted molar refractivity (Wildman–Crippen MR) is 129 cm³/mol. The number of hydrogen-bond donors (Lipinski definition) is 1. The zero-order valence-corrected chi connectivity index (χ0v) is 19.8. The van der Waals surface area contributed by atoms with Crippen LogP contribution >= 0.6 is 11.8 Å². The van der Waals surface area contributed by atoms with Crippen LogP contribution in [0.4, 0.5) is 5.69 Å². The van der Waals surface area contributed by atoms with Gasteiger partial charge in [-0.1, -0.05) is 88.3 Å². The molecule has 0 bridgehead atoms. The van der Waals surface area contributed by atoms with Gasteiger partial charge in [0.25, 0.3) is 0 Å². The number of aromatic nitrogens is 3. The lowest BCUT2D eigenvalue weighted by Gasteiger charge is -2.22. The van der Waals surface area contributed by atoms with Crippen LogP contribution in [0.15, 0.2) is 59.8 Å². The molecule has 1 heterocycles. The van der Waals surface area contributed by atoms with Gasteiger partial charge in [0.2, 0.25) is 5.91 Å². The van der Waals surface area contributed by atoms with Crippen molar-refractivity contribution in [2.75, 3.05) is 5.32 Å². The maximum atomic E-state index is 13.2. The SMILES string of the molecule is CCC(C)C(Sc1nnc(-c2ccccc2)n1CC)C(=O)Nc1ccc(C(C)C)cc1. The highest BCUT2D eigenvalue weighted by Gasteiger charge is 2.28. The molecule has 164 valence electrons. The summed E-state index contributed by atoms with van der Waals surface area (Å²) in [7, 11) is 0. The van der Waals surface area contributed by atoms with Crippen molar-refractivity contribution in [1.82, 2.24) is 14.8 Å². The van der Waals surface area contributed by atoms with Crippen LogP contribution in [0.1, 0.15) is 52.5 Å². The van der Waals surface area contributed by atoms with E-state index in [9.17, 15) is 4.79 Å². The summed E-state index contributed by atoms with van der Waals surface area (Å²) >= 11 is 1.50. The molecule has 0 saturated carbocycles. The van der Waals surface area contributed by atoms with Gasteiger partial charge in [0.05, 0.1) is 5.25 Å². The Bertz CT molecular complexity index is 983. The van der Waals surface area contributed by atoms with Gasteiger partial charge in [0.1, 0.15) is 0 Å². The van der Waals surface area contributed by atoms with Crippen LogP contribution in [0.3, 0.4) is 0 Å². The number of carbonyl (C=O) groups is 1. The lowest BCUT2D eigenvalue weighted by Crippen LogP contribution is -2.31. The highest BCUT2D eigenvalue weighted by Crippen LogP contribution is 2.32. The molecule has 0 saturated heterocycles. The van der Waals surface area contributed by atoms with Crippen LogP contribution in [0, 0.1) is 5.92 Å². The Morgan fingerprint density at radius 1 is 1.00 bits per heavy atom. The first-order valence-corrected chi connectivity index (χ1v) is 11.9. The first-order valence-electron chi connectivity index (χ1n) is 11.0.